The second kappa shape index (κ2) is 5.48. The van der Waals surface area contributed by atoms with Gasteiger partial charge in [0.15, 0.2) is 0 Å². The van der Waals surface area contributed by atoms with Crippen LogP contribution in [-0.4, -0.2) is 40.1 Å². The molecule has 1 atom stereocenters. The van der Waals surface area contributed by atoms with Gasteiger partial charge >= 0.3 is 5.97 Å². The number of aromatic carboxylic acids is 1. The quantitative estimate of drug-likeness (QED) is 0.676. The van der Waals surface area contributed by atoms with Gasteiger partial charge in [0, 0.05) is 35.8 Å². The number of hydrogen-bond acceptors (Lipinski definition) is 5. The van der Waals surface area contributed by atoms with Gasteiger partial charge in [0.1, 0.15) is 5.56 Å². The fourth-order valence-corrected chi connectivity index (χ4v) is 3.12. The minimum Gasteiger partial charge on any atom is -0.477 e. The van der Waals surface area contributed by atoms with Crippen LogP contribution in [0.1, 0.15) is 17.3 Å². The van der Waals surface area contributed by atoms with Gasteiger partial charge in [-0.15, -0.1) is 0 Å². The third kappa shape index (κ3) is 2.98. The maximum Gasteiger partial charge on any atom is 0.342 e. The predicted molar refractivity (Wildman–Crippen MR) is 74.2 cm³/mol. The average molecular weight is 282 g/mol. The van der Waals surface area contributed by atoms with Crippen molar-refractivity contribution in [3.05, 3.63) is 33.9 Å². The highest BCUT2D eigenvalue weighted by molar-refractivity contribution is 8.00. The standard InChI is InChI=1S/C12H14N2O4S/c1-8-7-13(4-5-19-8)9-2-3-10(12(15)16)11(6-9)14(17)18/h2-3,6,8H,4-5,7H2,1H3,(H,15,16). The van der Waals surface area contributed by atoms with Crippen LogP contribution in [0, 0.1) is 10.1 Å². The lowest BCUT2D eigenvalue weighted by molar-refractivity contribution is -0.385. The summed E-state index contributed by atoms with van der Waals surface area (Å²) >= 11 is 1.87. The topological polar surface area (TPSA) is 83.7 Å². The van der Waals surface area contributed by atoms with Crippen molar-refractivity contribution in [2.75, 3.05) is 23.7 Å². The van der Waals surface area contributed by atoms with Gasteiger partial charge in [-0.25, -0.2) is 4.79 Å². The summed E-state index contributed by atoms with van der Waals surface area (Å²) in [4.78, 5) is 23.3. The molecule has 0 radical (unpaired) electrons. The largest absolute Gasteiger partial charge is 0.477 e. The Morgan fingerprint density at radius 1 is 1.58 bits per heavy atom. The third-order valence-corrected chi connectivity index (χ3v) is 4.15. The molecule has 2 rings (SSSR count). The average Bonchev–Trinajstić information content (AvgIpc) is 2.37. The molecule has 1 N–H and O–H groups in total. The molecule has 1 saturated heterocycles. The van der Waals surface area contributed by atoms with E-state index >= 15 is 0 Å². The number of carbonyl (C=O) groups is 1. The Balaban J connectivity index is 2.35. The molecule has 102 valence electrons. The zero-order valence-corrected chi connectivity index (χ0v) is 11.2. The van der Waals surface area contributed by atoms with E-state index in [0.717, 1.165) is 18.8 Å². The normalized spacial score (nSPS) is 19.2. The summed E-state index contributed by atoms with van der Waals surface area (Å²) in [5.74, 6) is -0.309. The zero-order chi connectivity index (χ0) is 14.0. The van der Waals surface area contributed by atoms with E-state index in [9.17, 15) is 14.9 Å². The van der Waals surface area contributed by atoms with E-state index in [1.165, 1.54) is 12.1 Å². The molecule has 0 saturated carbocycles. The first-order valence-electron chi connectivity index (χ1n) is 5.87. The molecule has 1 unspecified atom stereocenters. The minimum atomic E-state index is -1.28. The fourth-order valence-electron chi connectivity index (χ4n) is 2.10. The lowest BCUT2D eigenvalue weighted by atomic mass is 10.1. The van der Waals surface area contributed by atoms with E-state index in [1.807, 2.05) is 11.8 Å². The number of carboxylic acids is 1. The van der Waals surface area contributed by atoms with E-state index in [4.69, 9.17) is 5.11 Å². The van der Waals surface area contributed by atoms with Gasteiger partial charge in [-0.05, 0) is 12.1 Å². The molecule has 6 nitrogen and oxygen atoms in total. The van der Waals surface area contributed by atoms with Gasteiger partial charge in [0.05, 0.1) is 4.92 Å². The number of nitro groups is 1. The Morgan fingerprint density at radius 2 is 2.32 bits per heavy atom. The van der Waals surface area contributed by atoms with Crippen LogP contribution in [0.2, 0.25) is 0 Å². The van der Waals surface area contributed by atoms with E-state index < -0.39 is 10.9 Å². The first-order valence-corrected chi connectivity index (χ1v) is 6.92. The summed E-state index contributed by atoms with van der Waals surface area (Å²) in [5, 5.41) is 20.3. The van der Waals surface area contributed by atoms with Crippen molar-refractivity contribution in [2.24, 2.45) is 0 Å². The summed E-state index contributed by atoms with van der Waals surface area (Å²) in [7, 11) is 0. The summed E-state index contributed by atoms with van der Waals surface area (Å²) in [6, 6.07) is 4.30. The Morgan fingerprint density at radius 3 is 2.89 bits per heavy atom. The van der Waals surface area contributed by atoms with Gasteiger partial charge in [-0.1, -0.05) is 6.92 Å². The van der Waals surface area contributed by atoms with Crippen LogP contribution in [0.25, 0.3) is 0 Å². The van der Waals surface area contributed by atoms with E-state index in [-0.39, 0.29) is 11.3 Å². The molecule has 1 aliphatic heterocycles. The highest BCUT2D eigenvalue weighted by atomic mass is 32.2. The van der Waals surface area contributed by atoms with Crippen molar-refractivity contribution >= 4 is 29.1 Å². The molecule has 0 aliphatic carbocycles. The Bertz CT molecular complexity index is 520. The predicted octanol–water partition coefficient (Wildman–Crippen LogP) is 2.23. The summed E-state index contributed by atoms with van der Waals surface area (Å²) in [6.07, 6.45) is 0. The molecule has 0 bridgehead atoms. The van der Waals surface area contributed by atoms with Crippen molar-refractivity contribution in [3.63, 3.8) is 0 Å². The van der Waals surface area contributed by atoms with Gasteiger partial charge < -0.3 is 10.0 Å². The molecular weight excluding hydrogens is 268 g/mol. The molecule has 1 aromatic rings. The molecule has 7 heteroatoms. The maximum atomic E-state index is 10.9. The van der Waals surface area contributed by atoms with Crippen LogP contribution in [0.5, 0.6) is 0 Å². The van der Waals surface area contributed by atoms with Crippen LogP contribution in [0.15, 0.2) is 18.2 Å². The van der Waals surface area contributed by atoms with Crippen LogP contribution in [0.4, 0.5) is 11.4 Å². The highest BCUT2D eigenvalue weighted by Crippen LogP contribution is 2.29. The molecule has 1 aromatic carbocycles. The summed E-state index contributed by atoms with van der Waals surface area (Å²) < 4.78 is 0. The summed E-state index contributed by atoms with van der Waals surface area (Å²) in [6.45, 7) is 3.74. The summed E-state index contributed by atoms with van der Waals surface area (Å²) in [5.41, 5.74) is 0.0907. The second-order valence-corrected chi connectivity index (χ2v) is 5.94. The van der Waals surface area contributed by atoms with Crippen LogP contribution >= 0.6 is 11.8 Å². The molecular formula is C12H14N2O4S. The van der Waals surface area contributed by atoms with Gasteiger partial charge in [0.25, 0.3) is 5.69 Å². The van der Waals surface area contributed by atoms with Crippen molar-refractivity contribution in [2.45, 2.75) is 12.2 Å². The van der Waals surface area contributed by atoms with Crippen molar-refractivity contribution in [3.8, 4) is 0 Å². The van der Waals surface area contributed by atoms with Crippen molar-refractivity contribution in [1.29, 1.82) is 0 Å². The van der Waals surface area contributed by atoms with Crippen molar-refractivity contribution < 1.29 is 14.8 Å². The van der Waals surface area contributed by atoms with E-state index in [2.05, 4.69) is 11.8 Å². The SMILES string of the molecule is CC1CN(c2ccc(C(=O)O)c([N+](=O)[O-])c2)CCS1. The molecule has 1 fully saturated rings. The molecule has 1 aliphatic rings. The van der Waals surface area contributed by atoms with E-state index in [0.29, 0.717) is 10.9 Å². The van der Waals surface area contributed by atoms with Crippen LogP contribution < -0.4 is 4.90 Å². The third-order valence-electron chi connectivity index (χ3n) is 3.01. The molecule has 1 heterocycles. The number of benzene rings is 1. The number of carboxylic acid groups (broad SMARTS) is 1. The molecule has 0 amide bonds. The second-order valence-electron chi connectivity index (χ2n) is 4.39. The number of nitrogens with zero attached hydrogens (tertiary/aromatic N) is 2. The number of nitro benzene ring substituents is 1. The van der Waals surface area contributed by atoms with Crippen LogP contribution in [-0.2, 0) is 0 Å². The number of rotatable bonds is 3. The number of anilines is 1. The van der Waals surface area contributed by atoms with Gasteiger partial charge in [-0.3, -0.25) is 10.1 Å². The van der Waals surface area contributed by atoms with Crippen LogP contribution in [0.3, 0.4) is 0 Å². The van der Waals surface area contributed by atoms with E-state index in [1.54, 1.807) is 6.07 Å². The number of thioether (sulfide) groups is 1. The van der Waals surface area contributed by atoms with Crippen molar-refractivity contribution in [1.82, 2.24) is 0 Å². The first kappa shape index (κ1) is 13.7. The minimum absolute atomic E-state index is 0.270. The smallest absolute Gasteiger partial charge is 0.342 e. The zero-order valence-electron chi connectivity index (χ0n) is 10.4. The highest BCUT2D eigenvalue weighted by Gasteiger charge is 2.23. The molecule has 19 heavy (non-hydrogen) atoms. The first-order chi connectivity index (χ1) is 8.99. The lowest BCUT2D eigenvalue weighted by Gasteiger charge is -2.32. The molecule has 0 spiro atoms. The lowest BCUT2D eigenvalue weighted by Crippen LogP contribution is -2.36. The molecule has 0 aromatic heterocycles. The monoisotopic (exact) mass is 282 g/mol. The maximum absolute atomic E-state index is 10.9. The van der Waals surface area contributed by atoms with Gasteiger partial charge in [0.2, 0.25) is 0 Å². The van der Waals surface area contributed by atoms with Gasteiger partial charge in [-0.2, -0.15) is 11.8 Å². The number of hydrogen-bond donors (Lipinski definition) is 1. The Hall–Kier alpha value is -1.76. The fraction of sp³-hybridized carbons (Fsp3) is 0.417. The Kier molecular flexibility index (Phi) is 3.94. The Labute approximate surface area is 114 Å².